The highest BCUT2D eigenvalue weighted by Gasteiger charge is 2.20. The third kappa shape index (κ3) is 3.24. The molecule has 0 aromatic carbocycles. The molecule has 2 rings (SSSR count). The number of anilines is 1. The second-order valence-corrected chi connectivity index (χ2v) is 4.20. The molecule has 0 aliphatic carbocycles. The van der Waals surface area contributed by atoms with Gasteiger partial charge in [-0.3, -0.25) is 15.0 Å². The Morgan fingerprint density at radius 2 is 2.47 bits per heavy atom. The summed E-state index contributed by atoms with van der Waals surface area (Å²) in [5.74, 6) is 0.318. The number of amides is 1. The minimum Gasteiger partial charge on any atom is -0.408 e. The topological polar surface area (TPSA) is 83.3 Å². The van der Waals surface area contributed by atoms with E-state index < -0.39 is 0 Å². The number of hydrogen-bond donors (Lipinski definition) is 2. The molecule has 1 amide bonds. The molecule has 0 bridgehead atoms. The van der Waals surface area contributed by atoms with Crippen LogP contribution in [0.1, 0.15) is 12.8 Å². The number of aryl methyl sites for hydroxylation is 1. The van der Waals surface area contributed by atoms with E-state index >= 15 is 0 Å². The molecule has 2 heterocycles. The maximum Gasteiger partial charge on any atom is 0.322 e. The molecule has 1 unspecified atom stereocenters. The lowest BCUT2D eigenvalue weighted by Gasteiger charge is -2.32. The summed E-state index contributed by atoms with van der Waals surface area (Å²) in [6, 6.07) is 0.522. The maximum absolute atomic E-state index is 11.7. The fourth-order valence-corrected chi connectivity index (χ4v) is 1.81. The zero-order valence-electron chi connectivity index (χ0n) is 10.1. The third-order valence-corrected chi connectivity index (χ3v) is 2.76. The summed E-state index contributed by atoms with van der Waals surface area (Å²) in [6.07, 6.45) is 0. The van der Waals surface area contributed by atoms with E-state index in [1.54, 1.807) is 6.92 Å². The Morgan fingerprint density at radius 3 is 3.12 bits per heavy atom. The third-order valence-electron chi connectivity index (χ3n) is 2.76. The van der Waals surface area contributed by atoms with Crippen molar-refractivity contribution in [2.75, 3.05) is 31.5 Å². The molecule has 0 spiro atoms. The molecule has 1 aromatic rings. The van der Waals surface area contributed by atoms with E-state index in [0.29, 0.717) is 18.5 Å². The Bertz CT molecular complexity index is 392. The molecule has 94 valence electrons. The van der Waals surface area contributed by atoms with Crippen LogP contribution in [0.15, 0.2) is 4.42 Å². The summed E-state index contributed by atoms with van der Waals surface area (Å²) < 4.78 is 5.09. The first-order chi connectivity index (χ1) is 8.15. The predicted molar refractivity (Wildman–Crippen MR) is 61.6 cm³/mol. The van der Waals surface area contributed by atoms with Crippen LogP contribution < -0.4 is 10.6 Å². The second kappa shape index (κ2) is 5.24. The van der Waals surface area contributed by atoms with E-state index in [1.807, 2.05) is 0 Å². The van der Waals surface area contributed by atoms with Crippen molar-refractivity contribution in [3.8, 4) is 0 Å². The van der Waals surface area contributed by atoms with E-state index in [2.05, 4.69) is 32.7 Å². The number of hydrogen-bond acceptors (Lipinski definition) is 6. The van der Waals surface area contributed by atoms with E-state index in [4.69, 9.17) is 4.42 Å². The smallest absolute Gasteiger partial charge is 0.322 e. The summed E-state index contributed by atoms with van der Waals surface area (Å²) in [4.78, 5) is 13.9. The van der Waals surface area contributed by atoms with Gasteiger partial charge >= 0.3 is 6.01 Å². The normalized spacial score (nSPS) is 21.4. The van der Waals surface area contributed by atoms with Gasteiger partial charge in [-0.15, -0.1) is 5.10 Å². The standard InChI is InChI=1S/C10H17N5O2/c1-7-5-11-3-4-15(7)6-9(16)12-10-14-13-8(2)17-10/h7,11H,3-6H2,1-2H3,(H,12,14,16). The van der Waals surface area contributed by atoms with Gasteiger partial charge < -0.3 is 9.73 Å². The molecular formula is C10H17N5O2. The van der Waals surface area contributed by atoms with Gasteiger partial charge in [0.05, 0.1) is 6.54 Å². The molecule has 2 N–H and O–H groups in total. The van der Waals surface area contributed by atoms with Gasteiger partial charge in [0.2, 0.25) is 11.8 Å². The number of piperazine rings is 1. The highest BCUT2D eigenvalue weighted by Crippen LogP contribution is 2.05. The SMILES string of the molecule is Cc1nnc(NC(=O)CN2CCNCC2C)o1. The van der Waals surface area contributed by atoms with E-state index in [1.165, 1.54) is 0 Å². The minimum atomic E-state index is -0.123. The summed E-state index contributed by atoms with van der Waals surface area (Å²) in [6.45, 7) is 6.82. The molecule has 1 atom stereocenters. The van der Waals surface area contributed by atoms with Crippen LogP contribution in [0, 0.1) is 6.92 Å². The van der Waals surface area contributed by atoms with Crippen molar-refractivity contribution in [3.05, 3.63) is 5.89 Å². The van der Waals surface area contributed by atoms with Gasteiger partial charge in [-0.1, -0.05) is 5.10 Å². The maximum atomic E-state index is 11.7. The van der Waals surface area contributed by atoms with Crippen LogP contribution in [0.5, 0.6) is 0 Å². The molecule has 17 heavy (non-hydrogen) atoms. The first-order valence-electron chi connectivity index (χ1n) is 5.70. The highest BCUT2D eigenvalue weighted by atomic mass is 16.4. The van der Waals surface area contributed by atoms with E-state index in [0.717, 1.165) is 19.6 Å². The number of nitrogens with one attached hydrogen (secondary N) is 2. The van der Waals surface area contributed by atoms with Crippen LogP contribution in [0.2, 0.25) is 0 Å². The highest BCUT2D eigenvalue weighted by molar-refractivity contribution is 5.90. The van der Waals surface area contributed by atoms with Crippen molar-refractivity contribution in [2.24, 2.45) is 0 Å². The molecule has 0 radical (unpaired) electrons. The number of nitrogens with zero attached hydrogens (tertiary/aromatic N) is 3. The van der Waals surface area contributed by atoms with E-state index in [9.17, 15) is 4.79 Å². The number of rotatable bonds is 3. The largest absolute Gasteiger partial charge is 0.408 e. The first-order valence-corrected chi connectivity index (χ1v) is 5.70. The summed E-state index contributed by atoms with van der Waals surface area (Å²) >= 11 is 0. The lowest BCUT2D eigenvalue weighted by atomic mass is 10.2. The molecular weight excluding hydrogens is 222 g/mol. The van der Waals surface area contributed by atoms with Crippen LogP contribution in [0.25, 0.3) is 0 Å². The van der Waals surface area contributed by atoms with Gasteiger partial charge in [-0.2, -0.15) is 0 Å². The van der Waals surface area contributed by atoms with Gasteiger partial charge in [-0.25, -0.2) is 0 Å². The molecule has 1 aromatic heterocycles. The van der Waals surface area contributed by atoms with Crippen LogP contribution in [-0.2, 0) is 4.79 Å². The zero-order chi connectivity index (χ0) is 12.3. The fourth-order valence-electron chi connectivity index (χ4n) is 1.81. The average molecular weight is 239 g/mol. The monoisotopic (exact) mass is 239 g/mol. The number of aromatic nitrogens is 2. The Morgan fingerprint density at radius 1 is 1.65 bits per heavy atom. The molecule has 1 aliphatic heterocycles. The van der Waals surface area contributed by atoms with Crippen LogP contribution in [-0.4, -0.2) is 53.2 Å². The van der Waals surface area contributed by atoms with Gasteiger partial charge in [0.25, 0.3) is 0 Å². The fraction of sp³-hybridized carbons (Fsp3) is 0.700. The molecule has 1 fully saturated rings. The van der Waals surface area contributed by atoms with Crippen molar-refractivity contribution >= 4 is 11.9 Å². The van der Waals surface area contributed by atoms with Crippen molar-refractivity contribution in [2.45, 2.75) is 19.9 Å². The summed E-state index contributed by atoms with van der Waals surface area (Å²) in [5.41, 5.74) is 0. The summed E-state index contributed by atoms with van der Waals surface area (Å²) in [5, 5.41) is 13.2. The molecule has 1 aliphatic rings. The predicted octanol–water partition coefficient (Wildman–Crippen LogP) is -0.390. The quantitative estimate of drug-likeness (QED) is 0.747. The van der Waals surface area contributed by atoms with Gasteiger partial charge in [-0.05, 0) is 6.92 Å². The van der Waals surface area contributed by atoms with Crippen molar-refractivity contribution in [1.29, 1.82) is 0 Å². The lowest BCUT2D eigenvalue weighted by molar-refractivity contribution is -0.118. The molecule has 0 saturated carbocycles. The van der Waals surface area contributed by atoms with Gasteiger partial charge in [0, 0.05) is 32.6 Å². The summed E-state index contributed by atoms with van der Waals surface area (Å²) in [7, 11) is 0. The van der Waals surface area contributed by atoms with Crippen LogP contribution >= 0.6 is 0 Å². The second-order valence-electron chi connectivity index (χ2n) is 4.20. The van der Waals surface area contributed by atoms with E-state index in [-0.39, 0.29) is 11.9 Å². The van der Waals surface area contributed by atoms with Crippen LogP contribution in [0.4, 0.5) is 6.01 Å². The average Bonchev–Trinajstić information content (AvgIpc) is 2.67. The van der Waals surface area contributed by atoms with Crippen molar-refractivity contribution < 1.29 is 9.21 Å². The van der Waals surface area contributed by atoms with Gasteiger partial charge in [0.1, 0.15) is 0 Å². The molecule has 7 nitrogen and oxygen atoms in total. The Balaban J connectivity index is 1.84. The lowest BCUT2D eigenvalue weighted by Crippen LogP contribution is -2.52. The Kier molecular flexibility index (Phi) is 3.70. The first kappa shape index (κ1) is 12.0. The number of carbonyl (C=O) groups is 1. The van der Waals surface area contributed by atoms with Crippen molar-refractivity contribution in [3.63, 3.8) is 0 Å². The Hall–Kier alpha value is -1.47. The number of carbonyl (C=O) groups excluding carboxylic acids is 1. The van der Waals surface area contributed by atoms with Crippen LogP contribution in [0.3, 0.4) is 0 Å². The zero-order valence-corrected chi connectivity index (χ0v) is 10.1. The van der Waals surface area contributed by atoms with Gasteiger partial charge in [0.15, 0.2) is 0 Å². The molecule has 7 heteroatoms. The van der Waals surface area contributed by atoms with Crippen molar-refractivity contribution in [1.82, 2.24) is 20.4 Å². The molecule has 1 saturated heterocycles. The Labute approximate surface area is 99.6 Å². The minimum absolute atomic E-state index is 0.123.